The molecule has 0 amide bonds. The topological polar surface area (TPSA) is 60.2 Å². The Hall–Kier alpha value is -1.17. The highest BCUT2D eigenvalue weighted by atomic mass is 79.9. The zero-order chi connectivity index (χ0) is 15.9. The highest BCUT2D eigenvalue weighted by molar-refractivity contribution is 9.10. The van der Waals surface area contributed by atoms with Gasteiger partial charge in [0.05, 0.1) is 10.1 Å². The molecule has 3 atom stereocenters. The second-order valence-electron chi connectivity index (χ2n) is 5.80. The molecule has 116 valence electrons. The van der Waals surface area contributed by atoms with Gasteiger partial charge in [-0.15, -0.1) is 0 Å². The standard InChI is InChI=1S/C17H18BrNO2S/c1-11-2-8-14(9-3-11)22(20,21)17-15(10-19)16(17)12-4-6-13(18)7-5-12/h2-9,15-17H,10,19H2,1H3/t15-,16+,17+/m0/s1. The second-order valence-corrected chi connectivity index (χ2v) is 8.82. The summed E-state index contributed by atoms with van der Waals surface area (Å²) in [7, 11) is -3.34. The van der Waals surface area contributed by atoms with Gasteiger partial charge in [0.2, 0.25) is 0 Å². The van der Waals surface area contributed by atoms with Gasteiger partial charge in [0.25, 0.3) is 0 Å². The van der Waals surface area contributed by atoms with Gasteiger partial charge in [0, 0.05) is 10.4 Å². The van der Waals surface area contributed by atoms with Gasteiger partial charge in [0.15, 0.2) is 9.84 Å². The summed E-state index contributed by atoms with van der Waals surface area (Å²) in [6.07, 6.45) is 0. The van der Waals surface area contributed by atoms with Crippen LogP contribution in [0.5, 0.6) is 0 Å². The van der Waals surface area contributed by atoms with E-state index in [-0.39, 0.29) is 11.8 Å². The minimum Gasteiger partial charge on any atom is -0.330 e. The zero-order valence-electron chi connectivity index (χ0n) is 12.2. The van der Waals surface area contributed by atoms with Crippen molar-refractivity contribution in [2.75, 3.05) is 6.54 Å². The lowest BCUT2D eigenvalue weighted by Crippen LogP contribution is -2.13. The monoisotopic (exact) mass is 379 g/mol. The fourth-order valence-corrected chi connectivity index (χ4v) is 5.54. The van der Waals surface area contributed by atoms with E-state index in [1.807, 2.05) is 43.3 Å². The normalized spacial score (nSPS) is 24.2. The van der Waals surface area contributed by atoms with E-state index in [0.29, 0.717) is 11.4 Å². The van der Waals surface area contributed by atoms with E-state index in [1.165, 1.54) is 0 Å². The summed E-state index contributed by atoms with van der Waals surface area (Å²) in [5.41, 5.74) is 7.90. The summed E-state index contributed by atoms with van der Waals surface area (Å²) in [4.78, 5) is 0.390. The molecule has 0 saturated heterocycles. The van der Waals surface area contributed by atoms with Crippen LogP contribution in [0.1, 0.15) is 17.0 Å². The van der Waals surface area contributed by atoms with E-state index in [0.717, 1.165) is 15.6 Å². The Balaban J connectivity index is 1.93. The van der Waals surface area contributed by atoms with Crippen molar-refractivity contribution in [1.82, 2.24) is 0 Å². The van der Waals surface area contributed by atoms with E-state index in [1.54, 1.807) is 12.1 Å². The molecular formula is C17H18BrNO2S. The van der Waals surface area contributed by atoms with Crippen LogP contribution in [0.3, 0.4) is 0 Å². The number of sulfone groups is 1. The first kappa shape index (κ1) is 15.7. The lowest BCUT2D eigenvalue weighted by atomic mass is 10.1. The molecule has 1 saturated carbocycles. The van der Waals surface area contributed by atoms with Gasteiger partial charge in [-0.05, 0) is 49.2 Å². The molecule has 5 heteroatoms. The highest BCUT2D eigenvalue weighted by Crippen LogP contribution is 2.53. The molecule has 0 radical (unpaired) electrons. The molecule has 1 aliphatic carbocycles. The van der Waals surface area contributed by atoms with Crippen molar-refractivity contribution in [1.29, 1.82) is 0 Å². The predicted octanol–water partition coefficient (Wildman–Crippen LogP) is 3.27. The minimum absolute atomic E-state index is 0.00696. The molecule has 0 heterocycles. The average molecular weight is 380 g/mol. The van der Waals surface area contributed by atoms with Gasteiger partial charge in [-0.1, -0.05) is 45.8 Å². The first-order valence-corrected chi connectivity index (χ1v) is 9.55. The number of hydrogen-bond acceptors (Lipinski definition) is 3. The van der Waals surface area contributed by atoms with Gasteiger partial charge in [-0.3, -0.25) is 0 Å². The summed E-state index contributed by atoms with van der Waals surface area (Å²) < 4.78 is 26.7. The van der Waals surface area contributed by atoms with Crippen molar-refractivity contribution in [2.45, 2.75) is 23.0 Å². The fraction of sp³-hybridized carbons (Fsp3) is 0.294. The SMILES string of the molecule is Cc1ccc(S(=O)(=O)[C@@H]2[C@@H](CN)[C@H]2c2ccc(Br)cc2)cc1. The van der Waals surface area contributed by atoms with Crippen molar-refractivity contribution in [3.63, 3.8) is 0 Å². The summed E-state index contributed by atoms with van der Waals surface area (Å²) in [6, 6.07) is 14.9. The lowest BCUT2D eigenvalue weighted by molar-refractivity contribution is 0.591. The number of nitrogens with two attached hydrogens (primary N) is 1. The Morgan fingerprint density at radius 1 is 1.05 bits per heavy atom. The molecule has 1 fully saturated rings. The number of rotatable bonds is 4. The van der Waals surface area contributed by atoms with Crippen molar-refractivity contribution >= 4 is 25.8 Å². The van der Waals surface area contributed by atoms with E-state index in [2.05, 4.69) is 15.9 Å². The van der Waals surface area contributed by atoms with Gasteiger partial charge in [-0.25, -0.2) is 8.42 Å². The summed E-state index contributed by atoms with van der Waals surface area (Å²) in [6.45, 7) is 2.33. The van der Waals surface area contributed by atoms with Gasteiger partial charge >= 0.3 is 0 Å². The Labute approximate surface area is 139 Å². The lowest BCUT2D eigenvalue weighted by Gasteiger charge is -2.05. The average Bonchev–Trinajstić information content (AvgIpc) is 3.24. The van der Waals surface area contributed by atoms with Crippen molar-refractivity contribution in [2.24, 2.45) is 11.7 Å². The van der Waals surface area contributed by atoms with Crippen LogP contribution in [0.4, 0.5) is 0 Å². The van der Waals surface area contributed by atoms with Crippen LogP contribution in [-0.2, 0) is 9.84 Å². The molecule has 0 unspecified atom stereocenters. The van der Waals surface area contributed by atoms with Gasteiger partial charge < -0.3 is 5.73 Å². The van der Waals surface area contributed by atoms with E-state index in [4.69, 9.17) is 5.73 Å². The molecular weight excluding hydrogens is 362 g/mol. The minimum atomic E-state index is -3.34. The maximum atomic E-state index is 12.9. The van der Waals surface area contributed by atoms with E-state index in [9.17, 15) is 8.42 Å². The Morgan fingerprint density at radius 2 is 1.64 bits per heavy atom. The third-order valence-electron chi connectivity index (χ3n) is 4.33. The third-order valence-corrected chi connectivity index (χ3v) is 7.15. The molecule has 0 aromatic heterocycles. The van der Waals surface area contributed by atoms with Gasteiger partial charge in [-0.2, -0.15) is 0 Å². The van der Waals surface area contributed by atoms with Crippen molar-refractivity contribution < 1.29 is 8.42 Å². The van der Waals surface area contributed by atoms with Crippen LogP contribution in [0.15, 0.2) is 57.9 Å². The summed E-state index contributed by atoms with van der Waals surface area (Å²) in [5, 5.41) is -0.415. The number of hydrogen-bond donors (Lipinski definition) is 1. The first-order chi connectivity index (χ1) is 10.4. The molecule has 2 aromatic carbocycles. The number of benzene rings is 2. The molecule has 0 bridgehead atoms. The van der Waals surface area contributed by atoms with E-state index >= 15 is 0 Å². The Kier molecular flexibility index (Phi) is 4.14. The maximum absolute atomic E-state index is 12.9. The Bertz CT molecular complexity index is 769. The van der Waals surface area contributed by atoms with Crippen LogP contribution in [-0.4, -0.2) is 20.2 Å². The molecule has 22 heavy (non-hydrogen) atoms. The van der Waals surface area contributed by atoms with Crippen LogP contribution >= 0.6 is 15.9 Å². The maximum Gasteiger partial charge on any atom is 0.182 e. The van der Waals surface area contributed by atoms with Crippen LogP contribution in [0.2, 0.25) is 0 Å². The van der Waals surface area contributed by atoms with Crippen LogP contribution < -0.4 is 5.73 Å². The zero-order valence-corrected chi connectivity index (χ0v) is 14.6. The smallest absolute Gasteiger partial charge is 0.182 e. The van der Waals surface area contributed by atoms with Crippen LogP contribution in [0.25, 0.3) is 0 Å². The fourth-order valence-electron chi connectivity index (χ4n) is 3.05. The predicted molar refractivity (Wildman–Crippen MR) is 91.6 cm³/mol. The number of halogens is 1. The molecule has 1 aliphatic rings. The first-order valence-electron chi connectivity index (χ1n) is 7.21. The molecule has 3 rings (SSSR count). The highest BCUT2D eigenvalue weighted by Gasteiger charge is 2.57. The molecule has 3 nitrogen and oxygen atoms in total. The third kappa shape index (κ3) is 2.73. The van der Waals surface area contributed by atoms with Gasteiger partial charge in [0.1, 0.15) is 0 Å². The van der Waals surface area contributed by atoms with Crippen molar-refractivity contribution in [3.05, 3.63) is 64.1 Å². The Morgan fingerprint density at radius 3 is 2.18 bits per heavy atom. The molecule has 0 aliphatic heterocycles. The number of aryl methyl sites for hydroxylation is 1. The van der Waals surface area contributed by atoms with Crippen LogP contribution in [0, 0.1) is 12.8 Å². The largest absolute Gasteiger partial charge is 0.330 e. The quantitative estimate of drug-likeness (QED) is 0.886. The van der Waals surface area contributed by atoms with E-state index < -0.39 is 15.1 Å². The molecule has 0 spiro atoms. The molecule has 2 N–H and O–H groups in total. The van der Waals surface area contributed by atoms with Crippen molar-refractivity contribution in [3.8, 4) is 0 Å². The second kappa shape index (κ2) is 5.80. The summed E-state index contributed by atoms with van der Waals surface area (Å²) in [5.74, 6) is -0.0168. The summed E-state index contributed by atoms with van der Waals surface area (Å²) >= 11 is 3.40. The molecule has 2 aromatic rings.